The fraction of sp³-hybridized carbons (Fsp3) is 0.963. The molecule has 5 rings (SSSR count). The third-order valence-corrected chi connectivity index (χ3v) is 11.3. The van der Waals surface area contributed by atoms with Gasteiger partial charge in [0, 0.05) is 12.3 Å². The third kappa shape index (κ3) is 3.17. The van der Waals surface area contributed by atoms with E-state index in [1.54, 1.807) is 5.71 Å². The molecule has 5 aliphatic rings. The van der Waals surface area contributed by atoms with E-state index in [0.717, 1.165) is 54.9 Å². The Balaban J connectivity index is 1.36. The molecule has 4 saturated carbocycles. The Morgan fingerprint density at radius 1 is 0.931 bits per heavy atom. The van der Waals surface area contributed by atoms with Gasteiger partial charge >= 0.3 is 0 Å². The van der Waals surface area contributed by atoms with Crippen molar-refractivity contribution in [2.45, 2.75) is 104 Å². The molecule has 164 valence electrons. The number of aliphatic hydroxyl groups excluding tert-OH is 1. The van der Waals surface area contributed by atoms with Crippen LogP contribution in [0.2, 0.25) is 0 Å². The average Bonchev–Trinajstić information content (AvgIpc) is 3.06. The van der Waals surface area contributed by atoms with Gasteiger partial charge in [-0.25, -0.2) is 0 Å². The zero-order chi connectivity index (χ0) is 20.4. The lowest BCUT2D eigenvalue weighted by atomic mass is 9.44. The molecule has 2 heteroatoms. The standard InChI is InChI=1S/C27H45NO/c1-17-5-10-25(28-16-17)18(2)22-8-9-23-21-7-6-19-15-20(29)11-13-26(19,3)24(21)12-14-27(22,23)4/h17-24,29H,5-16H2,1-4H3. The molecule has 10 unspecified atom stereocenters. The molecule has 4 aliphatic carbocycles. The van der Waals surface area contributed by atoms with E-state index in [1.807, 2.05) is 0 Å². The number of fused-ring (bicyclic) bond motifs is 5. The zero-order valence-corrected chi connectivity index (χ0v) is 19.5. The molecule has 2 nitrogen and oxygen atoms in total. The van der Waals surface area contributed by atoms with Crippen molar-refractivity contribution in [3.05, 3.63) is 0 Å². The molecule has 0 amide bonds. The van der Waals surface area contributed by atoms with Gasteiger partial charge in [0.05, 0.1) is 6.10 Å². The number of nitrogens with zero attached hydrogens (tertiary/aromatic N) is 1. The molecule has 10 atom stereocenters. The van der Waals surface area contributed by atoms with E-state index >= 15 is 0 Å². The number of hydrogen-bond donors (Lipinski definition) is 1. The minimum atomic E-state index is -0.0193. The molecule has 0 bridgehead atoms. The van der Waals surface area contributed by atoms with E-state index < -0.39 is 0 Å². The molecule has 0 aromatic rings. The maximum absolute atomic E-state index is 10.3. The molecule has 4 fully saturated rings. The molecule has 1 N–H and O–H groups in total. The zero-order valence-electron chi connectivity index (χ0n) is 19.5. The first kappa shape index (κ1) is 20.5. The average molecular weight is 400 g/mol. The Morgan fingerprint density at radius 2 is 1.69 bits per heavy atom. The van der Waals surface area contributed by atoms with E-state index in [4.69, 9.17) is 4.99 Å². The smallest absolute Gasteiger partial charge is 0.0543 e. The van der Waals surface area contributed by atoms with Crippen molar-refractivity contribution >= 4 is 5.71 Å². The molecule has 1 heterocycles. The molecule has 0 saturated heterocycles. The second kappa shape index (κ2) is 7.35. The van der Waals surface area contributed by atoms with E-state index in [9.17, 15) is 5.11 Å². The summed E-state index contributed by atoms with van der Waals surface area (Å²) in [6, 6.07) is 0. The maximum atomic E-state index is 10.3. The van der Waals surface area contributed by atoms with Crippen LogP contribution in [-0.2, 0) is 0 Å². The quantitative estimate of drug-likeness (QED) is 0.564. The van der Waals surface area contributed by atoms with Crippen LogP contribution in [0.25, 0.3) is 0 Å². The van der Waals surface area contributed by atoms with Crippen molar-refractivity contribution in [3.8, 4) is 0 Å². The van der Waals surface area contributed by atoms with Crippen LogP contribution in [0.5, 0.6) is 0 Å². The van der Waals surface area contributed by atoms with Crippen LogP contribution in [-0.4, -0.2) is 23.5 Å². The van der Waals surface area contributed by atoms with Crippen LogP contribution in [0.15, 0.2) is 4.99 Å². The van der Waals surface area contributed by atoms with Gasteiger partial charge in [0.2, 0.25) is 0 Å². The van der Waals surface area contributed by atoms with Crippen molar-refractivity contribution in [2.24, 2.45) is 57.2 Å². The third-order valence-electron chi connectivity index (χ3n) is 11.3. The highest BCUT2D eigenvalue weighted by atomic mass is 16.3. The lowest BCUT2D eigenvalue weighted by molar-refractivity contribution is -0.127. The van der Waals surface area contributed by atoms with Gasteiger partial charge in [0.1, 0.15) is 0 Å². The summed E-state index contributed by atoms with van der Waals surface area (Å²) in [5, 5.41) is 10.3. The summed E-state index contributed by atoms with van der Waals surface area (Å²) < 4.78 is 0. The SMILES string of the molecule is CC1CCC(C(C)C2CCC3C4CCC5CC(O)CCC5(C)C4CCC23C)=NC1. The molecule has 29 heavy (non-hydrogen) atoms. The van der Waals surface area contributed by atoms with E-state index in [2.05, 4.69) is 27.7 Å². The molecule has 0 aromatic heterocycles. The molecule has 0 radical (unpaired) electrons. The first-order chi connectivity index (χ1) is 13.8. The largest absolute Gasteiger partial charge is 0.393 e. The lowest BCUT2D eigenvalue weighted by Gasteiger charge is -2.61. The van der Waals surface area contributed by atoms with Crippen LogP contribution in [0, 0.1) is 52.3 Å². The predicted octanol–water partition coefficient (Wildman–Crippen LogP) is 6.51. The van der Waals surface area contributed by atoms with Gasteiger partial charge in [-0.2, -0.15) is 0 Å². The summed E-state index contributed by atoms with van der Waals surface area (Å²) >= 11 is 0. The van der Waals surface area contributed by atoms with Gasteiger partial charge in [-0.15, -0.1) is 0 Å². The predicted molar refractivity (Wildman–Crippen MR) is 121 cm³/mol. The summed E-state index contributed by atoms with van der Waals surface area (Å²) in [5.41, 5.74) is 2.62. The molecular weight excluding hydrogens is 354 g/mol. The van der Waals surface area contributed by atoms with Gasteiger partial charge in [0.25, 0.3) is 0 Å². The Kier molecular flexibility index (Phi) is 5.20. The summed E-state index contributed by atoms with van der Waals surface area (Å²) in [5.74, 6) is 5.96. The Hall–Kier alpha value is -0.370. The van der Waals surface area contributed by atoms with Crippen molar-refractivity contribution in [1.29, 1.82) is 0 Å². The van der Waals surface area contributed by atoms with Crippen molar-refractivity contribution < 1.29 is 5.11 Å². The van der Waals surface area contributed by atoms with Crippen molar-refractivity contribution in [3.63, 3.8) is 0 Å². The summed E-state index contributed by atoms with van der Waals surface area (Å²) in [7, 11) is 0. The van der Waals surface area contributed by atoms with Crippen LogP contribution in [0.4, 0.5) is 0 Å². The van der Waals surface area contributed by atoms with Crippen LogP contribution in [0.3, 0.4) is 0 Å². The van der Waals surface area contributed by atoms with Gasteiger partial charge in [-0.1, -0.05) is 27.7 Å². The van der Waals surface area contributed by atoms with Gasteiger partial charge < -0.3 is 5.11 Å². The van der Waals surface area contributed by atoms with Gasteiger partial charge in [-0.05, 0) is 123 Å². The Bertz CT molecular complexity index is 657. The molecule has 0 aromatic carbocycles. The highest BCUT2D eigenvalue weighted by molar-refractivity contribution is 5.87. The Morgan fingerprint density at radius 3 is 2.45 bits per heavy atom. The normalized spacial score (nSPS) is 53.4. The molecule has 1 aliphatic heterocycles. The minimum Gasteiger partial charge on any atom is -0.393 e. The number of hydrogen-bond acceptors (Lipinski definition) is 2. The second-order valence-electron chi connectivity index (χ2n) is 12.6. The Labute approximate surface area is 179 Å². The van der Waals surface area contributed by atoms with E-state index in [0.29, 0.717) is 16.7 Å². The van der Waals surface area contributed by atoms with Crippen LogP contribution < -0.4 is 0 Å². The minimum absolute atomic E-state index is 0.0193. The number of aliphatic hydroxyl groups is 1. The first-order valence-corrected chi connectivity index (χ1v) is 13.0. The summed E-state index contributed by atoms with van der Waals surface area (Å²) in [4.78, 5) is 5.07. The highest BCUT2D eigenvalue weighted by Crippen LogP contribution is 2.68. The highest BCUT2D eigenvalue weighted by Gasteiger charge is 2.60. The van der Waals surface area contributed by atoms with Crippen molar-refractivity contribution in [2.75, 3.05) is 6.54 Å². The fourth-order valence-electron chi connectivity index (χ4n) is 9.54. The topological polar surface area (TPSA) is 32.6 Å². The number of aliphatic imine (C=N–C) groups is 1. The lowest BCUT2D eigenvalue weighted by Crippen LogP contribution is -2.54. The van der Waals surface area contributed by atoms with Crippen molar-refractivity contribution in [1.82, 2.24) is 0 Å². The summed E-state index contributed by atoms with van der Waals surface area (Å²) in [6.45, 7) is 11.3. The van der Waals surface area contributed by atoms with Gasteiger partial charge in [0.15, 0.2) is 0 Å². The van der Waals surface area contributed by atoms with Crippen LogP contribution in [0.1, 0.15) is 98.3 Å². The second-order valence-corrected chi connectivity index (χ2v) is 12.6. The van der Waals surface area contributed by atoms with E-state index in [-0.39, 0.29) is 6.10 Å². The monoisotopic (exact) mass is 399 g/mol. The summed E-state index contributed by atoms with van der Waals surface area (Å²) in [6.07, 6.45) is 14.6. The van der Waals surface area contributed by atoms with Gasteiger partial charge in [-0.3, -0.25) is 4.99 Å². The molecular formula is C27H45NO. The fourth-order valence-corrected chi connectivity index (χ4v) is 9.54. The van der Waals surface area contributed by atoms with Crippen LogP contribution >= 0.6 is 0 Å². The first-order valence-electron chi connectivity index (χ1n) is 13.0. The molecule has 0 spiro atoms. The van der Waals surface area contributed by atoms with E-state index in [1.165, 1.54) is 57.8 Å². The number of rotatable bonds is 2. The maximum Gasteiger partial charge on any atom is 0.0543 e.